The van der Waals surface area contributed by atoms with Gasteiger partial charge in [0, 0.05) is 12.0 Å². The fraction of sp³-hybridized carbons (Fsp3) is 1.00. The van der Waals surface area contributed by atoms with Crippen LogP contribution in [0.5, 0.6) is 0 Å². The third-order valence-electron chi connectivity index (χ3n) is 3.49. The van der Waals surface area contributed by atoms with E-state index in [0.717, 1.165) is 32.2 Å². The van der Waals surface area contributed by atoms with E-state index in [1.165, 1.54) is 0 Å². The molecule has 0 amide bonds. The van der Waals surface area contributed by atoms with E-state index in [9.17, 15) is 13.2 Å². The van der Waals surface area contributed by atoms with Crippen LogP contribution in [0.4, 0.5) is 13.2 Å². The zero-order valence-electron chi connectivity index (χ0n) is 8.16. The lowest BCUT2D eigenvalue weighted by molar-refractivity contribution is -0.139. The van der Waals surface area contributed by atoms with Crippen molar-refractivity contribution < 1.29 is 13.2 Å². The SMILES string of the molecule is FC(F)(F)CCC1(C2CC2)CCCN1. The van der Waals surface area contributed by atoms with Gasteiger partial charge in [-0.1, -0.05) is 0 Å². The maximum Gasteiger partial charge on any atom is 0.389 e. The van der Waals surface area contributed by atoms with Crippen LogP contribution in [0.15, 0.2) is 0 Å². The van der Waals surface area contributed by atoms with Gasteiger partial charge in [-0.25, -0.2) is 0 Å². The van der Waals surface area contributed by atoms with Gasteiger partial charge in [0.05, 0.1) is 0 Å². The van der Waals surface area contributed by atoms with Gasteiger partial charge in [0.25, 0.3) is 0 Å². The quantitative estimate of drug-likeness (QED) is 0.750. The van der Waals surface area contributed by atoms with E-state index in [1.807, 2.05) is 0 Å². The molecule has 1 atom stereocenters. The lowest BCUT2D eigenvalue weighted by atomic mass is 9.86. The molecule has 0 bridgehead atoms. The molecule has 1 N–H and O–H groups in total. The largest absolute Gasteiger partial charge is 0.389 e. The smallest absolute Gasteiger partial charge is 0.311 e. The van der Waals surface area contributed by atoms with Crippen molar-refractivity contribution >= 4 is 0 Å². The van der Waals surface area contributed by atoms with E-state index in [1.54, 1.807) is 0 Å². The topological polar surface area (TPSA) is 12.0 Å². The van der Waals surface area contributed by atoms with Gasteiger partial charge in [-0.3, -0.25) is 0 Å². The van der Waals surface area contributed by atoms with Crippen molar-refractivity contribution in [3.8, 4) is 0 Å². The summed E-state index contributed by atoms with van der Waals surface area (Å²) in [5.74, 6) is 0.521. The molecular formula is C10H16F3N. The predicted molar refractivity (Wildman–Crippen MR) is 48.0 cm³/mol. The highest BCUT2D eigenvalue weighted by atomic mass is 19.4. The standard InChI is InChI=1S/C10H16F3N/c11-10(12,13)6-5-9(8-2-3-8)4-1-7-14-9/h8,14H,1-7H2. The van der Waals surface area contributed by atoms with Gasteiger partial charge >= 0.3 is 6.18 Å². The van der Waals surface area contributed by atoms with Crippen molar-refractivity contribution in [2.24, 2.45) is 5.92 Å². The Bertz CT molecular complexity index is 202. The first-order chi connectivity index (χ1) is 6.52. The molecule has 1 saturated heterocycles. The van der Waals surface area contributed by atoms with Crippen molar-refractivity contribution in [3.63, 3.8) is 0 Å². The Labute approximate surface area is 82.1 Å². The highest BCUT2D eigenvalue weighted by Crippen LogP contribution is 2.47. The first-order valence-electron chi connectivity index (χ1n) is 5.34. The average molecular weight is 207 g/mol. The molecule has 1 nitrogen and oxygen atoms in total. The average Bonchev–Trinajstić information content (AvgIpc) is 2.83. The molecule has 2 fully saturated rings. The molecule has 0 aromatic carbocycles. The fourth-order valence-corrected chi connectivity index (χ4v) is 2.60. The molecule has 4 heteroatoms. The monoisotopic (exact) mass is 207 g/mol. The molecule has 1 aliphatic heterocycles. The summed E-state index contributed by atoms with van der Waals surface area (Å²) < 4.78 is 36.4. The minimum absolute atomic E-state index is 0.157. The second kappa shape index (κ2) is 3.40. The van der Waals surface area contributed by atoms with Gasteiger partial charge in [0.2, 0.25) is 0 Å². The minimum atomic E-state index is -3.99. The van der Waals surface area contributed by atoms with E-state index >= 15 is 0 Å². The molecule has 0 aromatic heterocycles. The van der Waals surface area contributed by atoms with E-state index in [-0.39, 0.29) is 12.0 Å². The fourth-order valence-electron chi connectivity index (χ4n) is 2.60. The summed E-state index contributed by atoms with van der Waals surface area (Å²) in [7, 11) is 0. The second-order valence-electron chi connectivity index (χ2n) is 4.58. The van der Waals surface area contributed by atoms with Crippen molar-refractivity contribution in [3.05, 3.63) is 0 Å². The summed E-state index contributed by atoms with van der Waals surface area (Å²) in [6.07, 6.45) is -0.137. The number of hydrogen-bond donors (Lipinski definition) is 1. The van der Waals surface area contributed by atoms with Crippen molar-refractivity contribution in [1.82, 2.24) is 5.32 Å². The molecule has 0 radical (unpaired) electrons. The van der Waals surface area contributed by atoms with E-state index in [0.29, 0.717) is 5.92 Å². The molecule has 2 aliphatic rings. The number of halogens is 3. The number of nitrogens with one attached hydrogen (secondary N) is 1. The lowest BCUT2D eigenvalue weighted by Gasteiger charge is -2.30. The number of hydrogen-bond acceptors (Lipinski definition) is 1. The predicted octanol–water partition coefficient (Wildman–Crippen LogP) is 2.86. The molecule has 1 unspecified atom stereocenters. The van der Waals surface area contributed by atoms with E-state index in [2.05, 4.69) is 5.32 Å². The summed E-state index contributed by atoms with van der Waals surface area (Å²) in [5, 5.41) is 3.30. The molecule has 0 aromatic rings. The first kappa shape index (κ1) is 10.3. The zero-order chi connectivity index (χ0) is 10.2. The highest BCUT2D eigenvalue weighted by molar-refractivity contribution is 5.03. The van der Waals surface area contributed by atoms with Gasteiger partial charge in [-0.05, 0) is 44.6 Å². The van der Waals surface area contributed by atoms with Crippen molar-refractivity contribution in [1.29, 1.82) is 0 Å². The number of rotatable bonds is 3. The van der Waals surface area contributed by atoms with Crippen LogP contribution in [-0.2, 0) is 0 Å². The molecule has 0 spiro atoms. The number of alkyl halides is 3. The Morgan fingerprint density at radius 1 is 1.29 bits per heavy atom. The van der Waals surface area contributed by atoms with Gasteiger partial charge < -0.3 is 5.32 Å². The maximum atomic E-state index is 12.1. The molecule has 1 heterocycles. The Kier molecular flexibility index (Phi) is 2.50. The molecule has 1 aliphatic carbocycles. The summed E-state index contributed by atoms with van der Waals surface area (Å²) in [6, 6.07) is 0. The molecule has 2 rings (SSSR count). The third kappa shape index (κ3) is 2.22. The van der Waals surface area contributed by atoms with Crippen molar-refractivity contribution in [2.75, 3.05) is 6.54 Å². The first-order valence-corrected chi connectivity index (χ1v) is 5.34. The van der Waals surface area contributed by atoms with Crippen LogP contribution in [0.25, 0.3) is 0 Å². The van der Waals surface area contributed by atoms with E-state index in [4.69, 9.17) is 0 Å². The maximum absolute atomic E-state index is 12.1. The van der Waals surface area contributed by atoms with Crippen LogP contribution in [-0.4, -0.2) is 18.3 Å². The Balaban J connectivity index is 1.91. The molecular weight excluding hydrogens is 191 g/mol. The van der Waals surface area contributed by atoms with Gasteiger partial charge in [0.1, 0.15) is 0 Å². The van der Waals surface area contributed by atoms with Gasteiger partial charge in [-0.15, -0.1) is 0 Å². The normalized spacial score (nSPS) is 33.6. The zero-order valence-corrected chi connectivity index (χ0v) is 8.16. The third-order valence-corrected chi connectivity index (χ3v) is 3.49. The van der Waals surface area contributed by atoms with Crippen LogP contribution in [0.3, 0.4) is 0 Å². The molecule has 14 heavy (non-hydrogen) atoms. The summed E-state index contributed by atoms with van der Waals surface area (Å²) in [5.41, 5.74) is -0.157. The van der Waals surface area contributed by atoms with Gasteiger partial charge in [-0.2, -0.15) is 13.2 Å². The van der Waals surface area contributed by atoms with Crippen molar-refractivity contribution in [2.45, 2.75) is 50.2 Å². The highest BCUT2D eigenvalue weighted by Gasteiger charge is 2.47. The van der Waals surface area contributed by atoms with Crippen LogP contribution >= 0.6 is 0 Å². The molecule has 1 saturated carbocycles. The second-order valence-corrected chi connectivity index (χ2v) is 4.58. The minimum Gasteiger partial charge on any atom is -0.311 e. The van der Waals surface area contributed by atoms with Crippen LogP contribution < -0.4 is 5.32 Å². The molecule has 82 valence electrons. The summed E-state index contributed by atoms with van der Waals surface area (Å²) in [4.78, 5) is 0. The van der Waals surface area contributed by atoms with Crippen LogP contribution in [0.2, 0.25) is 0 Å². The Morgan fingerprint density at radius 2 is 2.00 bits per heavy atom. The Morgan fingerprint density at radius 3 is 2.43 bits per heavy atom. The summed E-state index contributed by atoms with van der Waals surface area (Å²) in [6.45, 7) is 0.897. The van der Waals surface area contributed by atoms with E-state index < -0.39 is 12.6 Å². The summed E-state index contributed by atoms with van der Waals surface area (Å²) >= 11 is 0. The van der Waals surface area contributed by atoms with Gasteiger partial charge in [0.15, 0.2) is 0 Å². The lowest BCUT2D eigenvalue weighted by Crippen LogP contribution is -2.42. The van der Waals surface area contributed by atoms with Crippen LogP contribution in [0.1, 0.15) is 38.5 Å². The van der Waals surface area contributed by atoms with Crippen LogP contribution in [0, 0.1) is 5.92 Å². The Hall–Kier alpha value is -0.250.